The van der Waals surface area contributed by atoms with Crippen LogP contribution in [0, 0.1) is 23.0 Å². The minimum absolute atomic E-state index is 0.324. The van der Waals surface area contributed by atoms with E-state index in [0.29, 0.717) is 37.1 Å². The second kappa shape index (κ2) is 7.63. The summed E-state index contributed by atoms with van der Waals surface area (Å²) in [4.78, 5) is 4.30. The highest BCUT2D eigenvalue weighted by atomic mass is 19.1. The van der Waals surface area contributed by atoms with Crippen molar-refractivity contribution in [3.63, 3.8) is 0 Å². The maximum absolute atomic E-state index is 13.5. The van der Waals surface area contributed by atoms with Gasteiger partial charge < -0.3 is 4.74 Å². The van der Waals surface area contributed by atoms with Crippen molar-refractivity contribution in [3.8, 4) is 11.8 Å². The van der Waals surface area contributed by atoms with Crippen molar-refractivity contribution in [2.45, 2.75) is 36.7 Å². The molecule has 1 heterocycles. The standard InChI is InChI=1S/C24H20F2N2O/c25-19-8-6-18(7-9-19)23(17-27)12-14-24(15-13-23,22-11-10-20(26)16-28-22)29-21-4-2-1-3-5-21/h1-11,16H,12-15H2. The van der Waals surface area contributed by atoms with Gasteiger partial charge in [-0.15, -0.1) is 0 Å². The monoisotopic (exact) mass is 390 g/mol. The molecule has 1 saturated carbocycles. The molecule has 0 saturated heterocycles. The fourth-order valence-electron chi connectivity index (χ4n) is 4.08. The Balaban J connectivity index is 1.68. The SMILES string of the molecule is N#CC1(c2ccc(F)cc2)CCC(Oc2ccccc2)(c2ccc(F)cn2)CC1. The van der Waals surface area contributed by atoms with Gasteiger partial charge in [0.2, 0.25) is 0 Å². The highest BCUT2D eigenvalue weighted by Crippen LogP contribution is 2.48. The van der Waals surface area contributed by atoms with Crippen LogP contribution in [0.15, 0.2) is 72.9 Å². The Kier molecular flexibility index (Phi) is 5.02. The minimum Gasteiger partial charge on any atom is -0.481 e. The molecule has 0 amide bonds. The Labute approximate surface area is 168 Å². The van der Waals surface area contributed by atoms with Crippen LogP contribution in [0.2, 0.25) is 0 Å². The zero-order chi connectivity index (χ0) is 20.3. The van der Waals surface area contributed by atoms with Gasteiger partial charge >= 0.3 is 0 Å². The summed E-state index contributed by atoms with van der Waals surface area (Å²) in [6.07, 6.45) is 3.32. The van der Waals surface area contributed by atoms with Crippen LogP contribution in [0.25, 0.3) is 0 Å². The van der Waals surface area contributed by atoms with Crippen molar-refractivity contribution in [2.24, 2.45) is 0 Å². The highest BCUT2D eigenvalue weighted by Gasteiger charge is 2.47. The van der Waals surface area contributed by atoms with Crippen molar-refractivity contribution in [1.29, 1.82) is 5.26 Å². The fourth-order valence-corrected chi connectivity index (χ4v) is 4.08. The largest absolute Gasteiger partial charge is 0.481 e. The number of aromatic nitrogens is 1. The first-order valence-corrected chi connectivity index (χ1v) is 9.59. The summed E-state index contributed by atoms with van der Waals surface area (Å²) in [7, 11) is 0. The molecular formula is C24H20F2N2O. The lowest BCUT2D eigenvalue weighted by atomic mass is 9.65. The molecule has 1 aromatic heterocycles. The van der Waals surface area contributed by atoms with Crippen molar-refractivity contribution in [3.05, 3.63) is 95.8 Å². The van der Waals surface area contributed by atoms with Crippen molar-refractivity contribution in [2.75, 3.05) is 0 Å². The summed E-state index contributed by atoms with van der Waals surface area (Å²) >= 11 is 0. The van der Waals surface area contributed by atoms with Crippen LogP contribution in [0.1, 0.15) is 36.9 Å². The van der Waals surface area contributed by atoms with Gasteiger partial charge in [-0.05, 0) is 67.6 Å². The molecule has 2 aromatic carbocycles. The molecule has 0 N–H and O–H groups in total. The Morgan fingerprint density at radius 2 is 1.48 bits per heavy atom. The van der Waals surface area contributed by atoms with E-state index in [9.17, 15) is 14.0 Å². The third-order valence-corrected chi connectivity index (χ3v) is 5.77. The number of halogens is 2. The average Bonchev–Trinajstić information content (AvgIpc) is 2.76. The van der Waals surface area contributed by atoms with Crippen molar-refractivity contribution < 1.29 is 13.5 Å². The van der Waals surface area contributed by atoms with Crippen LogP contribution in [0.4, 0.5) is 8.78 Å². The van der Waals surface area contributed by atoms with E-state index >= 15 is 0 Å². The molecule has 29 heavy (non-hydrogen) atoms. The number of para-hydroxylation sites is 1. The molecule has 146 valence electrons. The van der Waals surface area contributed by atoms with Gasteiger partial charge in [0.05, 0.1) is 23.4 Å². The molecule has 0 unspecified atom stereocenters. The van der Waals surface area contributed by atoms with E-state index in [4.69, 9.17) is 4.74 Å². The first-order chi connectivity index (χ1) is 14.1. The summed E-state index contributed by atoms with van der Waals surface area (Å²) in [6, 6.07) is 21.1. The number of pyridine rings is 1. The fraction of sp³-hybridized carbons (Fsp3) is 0.250. The number of nitriles is 1. The van der Waals surface area contributed by atoms with E-state index in [2.05, 4.69) is 11.1 Å². The Bertz CT molecular complexity index is 1000. The van der Waals surface area contributed by atoms with Crippen LogP contribution < -0.4 is 4.74 Å². The molecule has 4 rings (SSSR count). The molecule has 1 aliphatic rings. The van der Waals surface area contributed by atoms with E-state index in [1.807, 2.05) is 30.3 Å². The summed E-state index contributed by atoms with van der Waals surface area (Å²) < 4.78 is 33.2. The summed E-state index contributed by atoms with van der Waals surface area (Å²) in [5.41, 5.74) is -0.0117. The Hall–Kier alpha value is -3.26. The number of hydrogen-bond acceptors (Lipinski definition) is 3. The number of rotatable bonds is 4. The van der Waals surface area contributed by atoms with Gasteiger partial charge in [0, 0.05) is 0 Å². The third kappa shape index (κ3) is 3.71. The molecule has 3 aromatic rings. The van der Waals surface area contributed by atoms with E-state index in [1.165, 1.54) is 24.4 Å². The summed E-state index contributed by atoms with van der Waals surface area (Å²) in [5.74, 6) is -0.0307. The molecule has 0 bridgehead atoms. The maximum Gasteiger partial charge on any atom is 0.151 e. The normalized spacial score (nSPS) is 23.9. The molecule has 3 nitrogen and oxygen atoms in total. The van der Waals surface area contributed by atoms with Gasteiger partial charge in [0.15, 0.2) is 5.60 Å². The summed E-state index contributed by atoms with van der Waals surface area (Å²) in [6.45, 7) is 0. The van der Waals surface area contributed by atoms with Gasteiger partial charge in [-0.25, -0.2) is 8.78 Å². The molecule has 0 aliphatic heterocycles. The third-order valence-electron chi connectivity index (χ3n) is 5.77. The van der Waals surface area contributed by atoms with Crippen molar-refractivity contribution >= 4 is 0 Å². The second-order valence-electron chi connectivity index (χ2n) is 7.47. The van der Waals surface area contributed by atoms with Crippen LogP contribution in [0.5, 0.6) is 5.75 Å². The van der Waals surface area contributed by atoms with Gasteiger partial charge in [0.1, 0.15) is 17.4 Å². The van der Waals surface area contributed by atoms with Gasteiger partial charge in [-0.1, -0.05) is 30.3 Å². The number of benzene rings is 2. The topological polar surface area (TPSA) is 45.9 Å². The van der Waals surface area contributed by atoms with E-state index in [0.717, 1.165) is 5.56 Å². The lowest BCUT2D eigenvalue weighted by molar-refractivity contribution is 0.00780. The number of ether oxygens (including phenoxy) is 1. The molecular weight excluding hydrogens is 370 g/mol. The van der Waals surface area contributed by atoms with Gasteiger partial charge in [0.25, 0.3) is 0 Å². The number of nitrogens with zero attached hydrogens (tertiary/aromatic N) is 2. The van der Waals surface area contributed by atoms with E-state index < -0.39 is 16.8 Å². The van der Waals surface area contributed by atoms with Crippen LogP contribution >= 0.6 is 0 Å². The Morgan fingerprint density at radius 3 is 2.07 bits per heavy atom. The maximum atomic E-state index is 13.5. The molecule has 5 heteroatoms. The first kappa shape index (κ1) is 19.1. The van der Waals surface area contributed by atoms with E-state index in [-0.39, 0.29) is 5.82 Å². The molecule has 0 radical (unpaired) electrons. The van der Waals surface area contributed by atoms with Crippen molar-refractivity contribution in [1.82, 2.24) is 4.98 Å². The zero-order valence-electron chi connectivity index (χ0n) is 15.8. The van der Waals surface area contributed by atoms with E-state index in [1.54, 1.807) is 18.2 Å². The van der Waals surface area contributed by atoms with Gasteiger partial charge in [-0.3, -0.25) is 4.98 Å². The smallest absolute Gasteiger partial charge is 0.151 e. The van der Waals surface area contributed by atoms with Crippen LogP contribution in [-0.4, -0.2) is 4.98 Å². The molecule has 1 aliphatic carbocycles. The lowest BCUT2D eigenvalue weighted by Crippen LogP contribution is -2.43. The highest BCUT2D eigenvalue weighted by molar-refractivity contribution is 5.35. The summed E-state index contributed by atoms with van der Waals surface area (Å²) in [5, 5.41) is 9.98. The van der Waals surface area contributed by atoms with Crippen LogP contribution in [0.3, 0.4) is 0 Å². The predicted molar refractivity (Wildman–Crippen MR) is 105 cm³/mol. The zero-order valence-corrected chi connectivity index (χ0v) is 15.8. The quantitative estimate of drug-likeness (QED) is 0.577. The van der Waals surface area contributed by atoms with Gasteiger partial charge in [-0.2, -0.15) is 5.26 Å². The number of hydrogen-bond donors (Lipinski definition) is 0. The average molecular weight is 390 g/mol. The molecule has 0 spiro atoms. The first-order valence-electron chi connectivity index (χ1n) is 9.59. The van der Waals surface area contributed by atoms with Crippen LogP contribution in [-0.2, 0) is 11.0 Å². The minimum atomic E-state index is -0.755. The Morgan fingerprint density at radius 1 is 0.828 bits per heavy atom. The second-order valence-corrected chi connectivity index (χ2v) is 7.47. The molecule has 1 fully saturated rings. The lowest BCUT2D eigenvalue weighted by Gasteiger charge is -2.43. The molecule has 0 atom stereocenters. The predicted octanol–water partition coefficient (Wildman–Crippen LogP) is 5.67.